The van der Waals surface area contributed by atoms with Gasteiger partial charge >= 0.3 is 0 Å². The van der Waals surface area contributed by atoms with E-state index in [-0.39, 0.29) is 5.91 Å². The number of unbranched alkanes of at least 4 members (excludes halogenated alkanes) is 8. The number of aryl methyl sites for hydroxylation is 1. The van der Waals surface area contributed by atoms with E-state index in [0.717, 1.165) is 30.5 Å². The Labute approximate surface area is 154 Å². The Balaban J connectivity index is 2.13. The van der Waals surface area contributed by atoms with Crippen molar-refractivity contribution in [1.82, 2.24) is 5.43 Å². The van der Waals surface area contributed by atoms with Crippen LogP contribution < -0.4 is 5.43 Å². The third-order valence-corrected chi connectivity index (χ3v) is 4.64. The lowest BCUT2D eigenvalue weighted by Gasteiger charge is -2.04. The molecule has 1 aromatic rings. The summed E-state index contributed by atoms with van der Waals surface area (Å²) in [6.07, 6.45) is 13.0. The molecule has 0 unspecified atom stereocenters. The van der Waals surface area contributed by atoms with Gasteiger partial charge in [0.1, 0.15) is 0 Å². The summed E-state index contributed by atoms with van der Waals surface area (Å²) >= 11 is 0. The van der Waals surface area contributed by atoms with Crippen molar-refractivity contribution >= 4 is 11.6 Å². The van der Waals surface area contributed by atoms with Gasteiger partial charge in [0.25, 0.3) is 0 Å². The van der Waals surface area contributed by atoms with Gasteiger partial charge in [0.05, 0.1) is 5.71 Å². The van der Waals surface area contributed by atoms with Crippen LogP contribution in [0.4, 0.5) is 0 Å². The molecule has 0 saturated heterocycles. The van der Waals surface area contributed by atoms with Crippen molar-refractivity contribution in [3.8, 4) is 0 Å². The van der Waals surface area contributed by atoms with Crippen LogP contribution in [0, 0.1) is 0 Å². The van der Waals surface area contributed by atoms with Crippen molar-refractivity contribution in [1.29, 1.82) is 0 Å². The second kappa shape index (κ2) is 13.6. The summed E-state index contributed by atoms with van der Waals surface area (Å²) in [6.45, 7) is 6.32. The molecule has 1 rings (SSSR count). The molecule has 1 amide bonds. The molecule has 1 N–H and O–H groups in total. The molecule has 0 saturated carbocycles. The van der Waals surface area contributed by atoms with Crippen molar-refractivity contribution in [2.75, 3.05) is 0 Å². The Morgan fingerprint density at radius 3 is 2.00 bits per heavy atom. The molecular formula is C22H36N2O. The molecular weight excluding hydrogens is 308 g/mol. The third kappa shape index (κ3) is 10.1. The molecule has 0 heterocycles. The van der Waals surface area contributed by atoms with E-state index in [0.29, 0.717) is 6.42 Å². The first kappa shape index (κ1) is 21.4. The number of nitrogens with one attached hydrogen (secondary N) is 1. The van der Waals surface area contributed by atoms with Gasteiger partial charge in [-0.25, -0.2) is 5.43 Å². The predicted octanol–water partition coefficient (Wildman–Crippen LogP) is 6.01. The number of benzene rings is 1. The molecule has 1 aromatic carbocycles. The maximum absolute atomic E-state index is 11.9. The van der Waals surface area contributed by atoms with Crippen molar-refractivity contribution in [2.45, 2.75) is 91.4 Å². The average Bonchev–Trinajstić information content (AvgIpc) is 2.64. The monoisotopic (exact) mass is 344 g/mol. The maximum atomic E-state index is 11.9. The lowest BCUT2D eigenvalue weighted by atomic mass is 10.1. The molecule has 0 spiro atoms. The molecule has 0 atom stereocenters. The van der Waals surface area contributed by atoms with Gasteiger partial charge in [-0.15, -0.1) is 0 Å². The van der Waals surface area contributed by atoms with Gasteiger partial charge < -0.3 is 0 Å². The molecule has 3 nitrogen and oxygen atoms in total. The minimum atomic E-state index is 0.0208. The van der Waals surface area contributed by atoms with E-state index in [1.165, 1.54) is 50.5 Å². The van der Waals surface area contributed by atoms with Gasteiger partial charge in [0, 0.05) is 6.42 Å². The van der Waals surface area contributed by atoms with E-state index in [1.54, 1.807) is 0 Å². The third-order valence-electron chi connectivity index (χ3n) is 4.64. The molecule has 0 aliphatic carbocycles. The predicted molar refractivity (Wildman–Crippen MR) is 108 cm³/mol. The summed E-state index contributed by atoms with van der Waals surface area (Å²) in [5.74, 6) is 0.0208. The number of amides is 1. The topological polar surface area (TPSA) is 41.5 Å². The second-order valence-corrected chi connectivity index (χ2v) is 6.86. The number of nitrogens with zero attached hydrogens (tertiary/aromatic N) is 1. The van der Waals surface area contributed by atoms with Gasteiger partial charge in [-0.3, -0.25) is 4.79 Å². The van der Waals surface area contributed by atoms with Gasteiger partial charge in [-0.2, -0.15) is 5.10 Å². The zero-order valence-corrected chi connectivity index (χ0v) is 16.4. The number of hydrogen-bond acceptors (Lipinski definition) is 2. The molecule has 0 fully saturated rings. The average molecular weight is 345 g/mol. The SMILES string of the molecule is CCCCCCCCCCCC(=O)N/N=C(\C)c1ccc(CC)cc1. The molecule has 0 aliphatic heterocycles. The Bertz CT molecular complexity index is 505. The van der Waals surface area contributed by atoms with Crippen LogP contribution in [0.1, 0.15) is 96.1 Å². The van der Waals surface area contributed by atoms with Crippen LogP contribution in [-0.4, -0.2) is 11.6 Å². The second-order valence-electron chi connectivity index (χ2n) is 6.86. The molecule has 0 aliphatic rings. The number of carbonyl (C=O) groups is 1. The standard InChI is InChI=1S/C22H36N2O/c1-4-6-7-8-9-10-11-12-13-14-22(25)24-23-19(3)21-17-15-20(5-2)16-18-21/h15-18H,4-14H2,1-3H3,(H,24,25)/b23-19+. The van der Waals surface area contributed by atoms with Crippen LogP contribution in [0.2, 0.25) is 0 Å². The maximum Gasteiger partial charge on any atom is 0.240 e. The normalized spacial score (nSPS) is 11.6. The Hall–Kier alpha value is -1.64. The van der Waals surface area contributed by atoms with E-state index in [9.17, 15) is 4.79 Å². The number of carbonyl (C=O) groups excluding carboxylic acids is 1. The molecule has 0 bridgehead atoms. The summed E-state index contributed by atoms with van der Waals surface area (Å²) in [7, 11) is 0. The fraction of sp³-hybridized carbons (Fsp3) is 0.636. The van der Waals surface area contributed by atoms with E-state index in [4.69, 9.17) is 0 Å². The molecule has 25 heavy (non-hydrogen) atoms. The minimum absolute atomic E-state index is 0.0208. The van der Waals surface area contributed by atoms with Crippen LogP contribution in [-0.2, 0) is 11.2 Å². The zero-order valence-electron chi connectivity index (χ0n) is 16.4. The van der Waals surface area contributed by atoms with Crippen LogP contribution in [0.3, 0.4) is 0 Å². The number of hydrazone groups is 1. The lowest BCUT2D eigenvalue weighted by Crippen LogP contribution is -2.18. The number of hydrogen-bond donors (Lipinski definition) is 1. The zero-order chi connectivity index (χ0) is 18.3. The van der Waals surface area contributed by atoms with Crippen LogP contribution in [0.5, 0.6) is 0 Å². The summed E-state index contributed by atoms with van der Waals surface area (Å²) in [4.78, 5) is 11.9. The van der Waals surface area contributed by atoms with Crippen molar-refractivity contribution in [3.05, 3.63) is 35.4 Å². The smallest absolute Gasteiger partial charge is 0.240 e. The highest BCUT2D eigenvalue weighted by atomic mass is 16.2. The first-order valence-electron chi connectivity index (χ1n) is 10.1. The van der Waals surface area contributed by atoms with Crippen LogP contribution >= 0.6 is 0 Å². The fourth-order valence-corrected chi connectivity index (χ4v) is 2.84. The highest BCUT2D eigenvalue weighted by molar-refractivity contribution is 5.99. The summed E-state index contributed by atoms with van der Waals surface area (Å²) in [5, 5.41) is 4.22. The van der Waals surface area contributed by atoms with Gasteiger partial charge in [-0.05, 0) is 30.9 Å². The highest BCUT2D eigenvalue weighted by Crippen LogP contribution is 2.10. The summed E-state index contributed by atoms with van der Waals surface area (Å²) in [6, 6.07) is 8.34. The lowest BCUT2D eigenvalue weighted by molar-refractivity contribution is -0.121. The quantitative estimate of drug-likeness (QED) is 0.266. The fourth-order valence-electron chi connectivity index (χ4n) is 2.84. The van der Waals surface area contributed by atoms with Crippen molar-refractivity contribution in [3.63, 3.8) is 0 Å². The van der Waals surface area contributed by atoms with Crippen molar-refractivity contribution < 1.29 is 4.79 Å². The number of rotatable bonds is 13. The molecule has 3 heteroatoms. The first-order chi connectivity index (χ1) is 12.2. The van der Waals surface area contributed by atoms with Gasteiger partial charge in [-0.1, -0.05) is 89.5 Å². The molecule has 0 aromatic heterocycles. The first-order valence-corrected chi connectivity index (χ1v) is 10.1. The van der Waals surface area contributed by atoms with Gasteiger partial charge in [0.15, 0.2) is 0 Å². The van der Waals surface area contributed by atoms with Crippen LogP contribution in [0.15, 0.2) is 29.4 Å². The van der Waals surface area contributed by atoms with Crippen LogP contribution in [0.25, 0.3) is 0 Å². The van der Waals surface area contributed by atoms with E-state index >= 15 is 0 Å². The van der Waals surface area contributed by atoms with E-state index in [1.807, 2.05) is 6.92 Å². The van der Waals surface area contributed by atoms with E-state index < -0.39 is 0 Å². The van der Waals surface area contributed by atoms with Gasteiger partial charge in [0.2, 0.25) is 5.91 Å². The Morgan fingerprint density at radius 1 is 0.880 bits per heavy atom. The minimum Gasteiger partial charge on any atom is -0.273 e. The van der Waals surface area contributed by atoms with Crippen molar-refractivity contribution in [2.24, 2.45) is 5.10 Å². The highest BCUT2D eigenvalue weighted by Gasteiger charge is 2.02. The summed E-state index contributed by atoms with van der Waals surface area (Å²) < 4.78 is 0. The van der Waals surface area contributed by atoms with E-state index in [2.05, 4.69) is 48.6 Å². The largest absolute Gasteiger partial charge is 0.273 e. The summed E-state index contributed by atoms with van der Waals surface area (Å²) in [5.41, 5.74) is 5.90. The Kier molecular flexibility index (Phi) is 11.7. The Morgan fingerprint density at radius 2 is 1.44 bits per heavy atom. The molecule has 0 radical (unpaired) electrons. The molecule has 140 valence electrons.